The van der Waals surface area contributed by atoms with Gasteiger partial charge in [-0.15, -0.1) is 0 Å². The highest BCUT2D eigenvalue weighted by molar-refractivity contribution is 5.32. The molecule has 1 aliphatic rings. The number of nitrogens with zero attached hydrogens (tertiary/aromatic N) is 1. The van der Waals surface area contributed by atoms with Crippen LogP contribution in [0.1, 0.15) is 24.0 Å². The number of alkyl halides is 3. The molecule has 0 amide bonds. The third kappa shape index (κ3) is 3.73. The lowest BCUT2D eigenvalue weighted by Gasteiger charge is -2.32. The Morgan fingerprint density at radius 2 is 1.95 bits per heavy atom. The molecule has 2 nitrogen and oxygen atoms in total. The second kappa shape index (κ2) is 5.84. The summed E-state index contributed by atoms with van der Waals surface area (Å²) in [6, 6.07) is 10.2. The van der Waals surface area contributed by atoms with Crippen molar-refractivity contribution in [3.05, 3.63) is 35.4 Å². The van der Waals surface area contributed by atoms with E-state index in [0.717, 1.165) is 12.0 Å². The number of nitriles is 1. The Morgan fingerprint density at radius 1 is 1.25 bits per heavy atom. The van der Waals surface area contributed by atoms with E-state index in [4.69, 9.17) is 0 Å². The number of halogens is 3. The number of fused-ring (bicyclic) bond motifs is 1. The van der Waals surface area contributed by atoms with E-state index in [1.54, 1.807) is 0 Å². The van der Waals surface area contributed by atoms with Gasteiger partial charge in [0.25, 0.3) is 0 Å². The molecular weight excluding hydrogens is 267 g/mol. The number of benzene rings is 1. The topological polar surface area (TPSA) is 33.0 Å². The van der Waals surface area contributed by atoms with E-state index in [0.29, 0.717) is 19.3 Å². The van der Waals surface area contributed by atoms with Gasteiger partial charge in [-0.2, -0.15) is 18.4 Å². The average Bonchev–Trinajstić information content (AvgIpc) is 2.42. The number of rotatable bonds is 4. The van der Waals surface area contributed by atoms with E-state index in [2.05, 4.69) is 10.8 Å². The van der Waals surface area contributed by atoms with Gasteiger partial charge in [-0.25, -0.2) is 0 Å². The van der Waals surface area contributed by atoms with Gasteiger partial charge in [-0.05, 0) is 36.8 Å². The van der Waals surface area contributed by atoms with Gasteiger partial charge in [0, 0.05) is 6.61 Å². The molecule has 1 aromatic rings. The third-order valence-electron chi connectivity index (χ3n) is 3.75. The van der Waals surface area contributed by atoms with Gasteiger partial charge in [0.1, 0.15) is 6.61 Å². The number of hydrogen-bond donors (Lipinski definition) is 0. The van der Waals surface area contributed by atoms with Gasteiger partial charge in [0.05, 0.1) is 11.5 Å². The molecule has 0 radical (unpaired) electrons. The Bertz CT molecular complexity index is 507. The van der Waals surface area contributed by atoms with Gasteiger partial charge >= 0.3 is 6.18 Å². The maximum absolute atomic E-state index is 12.0. The lowest BCUT2D eigenvalue weighted by atomic mass is 9.71. The molecule has 2 rings (SSSR count). The molecular formula is C15H16F3NO. The maximum atomic E-state index is 12.0. The summed E-state index contributed by atoms with van der Waals surface area (Å²) in [4.78, 5) is 0. The molecule has 1 unspecified atom stereocenters. The maximum Gasteiger partial charge on any atom is 0.411 e. The van der Waals surface area contributed by atoms with Crippen LogP contribution in [0.15, 0.2) is 24.3 Å². The van der Waals surface area contributed by atoms with Crippen molar-refractivity contribution in [2.45, 2.75) is 31.9 Å². The first kappa shape index (κ1) is 14.9. The van der Waals surface area contributed by atoms with Crippen molar-refractivity contribution in [3.63, 3.8) is 0 Å². The van der Waals surface area contributed by atoms with Gasteiger partial charge in [0.15, 0.2) is 0 Å². The zero-order valence-corrected chi connectivity index (χ0v) is 11.0. The summed E-state index contributed by atoms with van der Waals surface area (Å²) in [5.74, 6) is 0. The number of ether oxygens (including phenoxy) is 1. The van der Waals surface area contributed by atoms with Crippen LogP contribution in [0.2, 0.25) is 0 Å². The highest BCUT2D eigenvalue weighted by atomic mass is 19.4. The Morgan fingerprint density at radius 3 is 2.60 bits per heavy atom. The van der Waals surface area contributed by atoms with Crippen LogP contribution in [0.3, 0.4) is 0 Å². The lowest BCUT2D eigenvalue weighted by molar-refractivity contribution is -0.175. The monoisotopic (exact) mass is 283 g/mol. The minimum absolute atomic E-state index is 0.0325. The van der Waals surface area contributed by atoms with Crippen LogP contribution in [-0.4, -0.2) is 19.4 Å². The summed E-state index contributed by atoms with van der Waals surface area (Å²) in [5.41, 5.74) is 1.76. The van der Waals surface area contributed by atoms with E-state index in [1.165, 1.54) is 5.56 Å². The van der Waals surface area contributed by atoms with Gasteiger partial charge in [0.2, 0.25) is 0 Å². The molecule has 0 aliphatic heterocycles. The van der Waals surface area contributed by atoms with Crippen LogP contribution in [0.25, 0.3) is 0 Å². The predicted octanol–water partition coefficient (Wildman–Crippen LogP) is 3.65. The Kier molecular flexibility index (Phi) is 4.34. The molecule has 108 valence electrons. The van der Waals surface area contributed by atoms with Crippen LogP contribution in [0.4, 0.5) is 13.2 Å². The largest absolute Gasteiger partial charge is 0.411 e. The molecule has 20 heavy (non-hydrogen) atoms. The van der Waals surface area contributed by atoms with E-state index in [1.807, 2.05) is 24.3 Å². The molecule has 1 aromatic carbocycles. The summed E-state index contributed by atoms with van der Waals surface area (Å²) in [5, 5.41) is 9.40. The van der Waals surface area contributed by atoms with Crippen LogP contribution < -0.4 is 0 Å². The standard InChI is InChI=1S/C15H16F3NO/c16-15(17,18)11-20-8-7-14(10-19)6-5-12-3-1-2-4-13(12)9-14/h1-4H,5-9,11H2. The minimum Gasteiger partial charge on any atom is -0.372 e. The summed E-state index contributed by atoms with van der Waals surface area (Å²) in [7, 11) is 0. The second-order valence-corrected chi connectivity index (χ2v) is 5.26. The van der Waals surface area contributed by atoms with Crippen molar-refractivity contribution < 1.29 is 17.9 Å². The molecule has 1 aliphatic carbocycles. The van der Waals surface area contributed by atoms with E-state index >= 15 is 0 Å². The van der Waals surface area contributed by atoms with E-state index in [-0.39, 0.29) is 6.61 Å². The third-order valence-corrected chi connectivity index (χ3v) is 3.75. The van der Waals surface area contributed by atoms with Crippen molar-refractivity contribution in [1.29, 1.82) is 5.26 Å². The molecule has 5 heteroatoms. The quantitative estimate of drug-likeness (QED) is 0.790. The minimum atomic E-state index is -4.31. The number of hydrogen-bond acceptors (Lipinski definition) is 2. The smallest absolute Gasteiger partial charge is 0.372 e. The summed E-state index contributed by atoms with van der Waals surface area (Å²) in [6.07, 6.45) is -1.90. The van der Waals surface area contributed by atoms with Crippen LogP contribution in [0, 0.1) is 16.7 Å². The molecule has 0 spiro atoms. The fraction of sp³-hybridized carbons (Fsp3) is 0.533. The first-order valence-corrected chi connectivity index (χ1v) is 6.57. The molecule has 0 fully saturated rings. The summed E-state index contributed by atoms with van der Waals surface area (Å²) < 4.78 is 40.7. The number of aryl methyl sites for hydroxylation is 1. The molecule has 1 atom stereocenters. The first-order valence-electron chi connectivity index (χ1n) is 6.57. The van der Waals surface area contributed by atoms with Crippen molar-refractivity contribution in [2.24, 2.45) is 5.41 Å². The molecule has 0 bridgehead atoms. The molecule has 0 saturated heterocycles. The SMILES string of the molecule is N#CC1(CCOCC(F)(F)F)CCc2ccccc2C1. The predicted molar refractivity (Wildman–Crippen MR) is 68.0 cm³/mol. The molecule has 0 heterocycles. The van der Waals surface area contributed by atoms with Crippen LogP contribution in [0.5, 0.6) is 0 Å². The zero-order chi connectivity index (χ0) is 14.6. The lowest BCUT2D eigenvalue weighted by Crippen LogP contribution is -2.29. The Hall–Kier alpha value is -1.54. The highest BCUT2D eigenvalue weighted by Crippen LogP contribution is 2.37. The fourth-order valence-electron chi connectivity index (χ4n) is 2.62. The van der Waals surface area contributed by atoms with Crippen molar-refractivity contribution in [3.8, 4) is 6.07 Å². The molecule has 0 aromatic heterocycles. The zero-order valence-electron chi connectivity index (χ0n) is 11.0. The van der Waals surface area contributed by atoms with Crippen LogP contribution in [-0.2, 0) is 17.6 Å². The Labute approximate surface area is 116 Å². The van der Waals surface area contributed by atoms with Gasteiger partial charge in [-0.3, -0.25) is 0 Å². The van der Waals surface area contributed by atoms with Crippen molar-refractivity contribution in [2.75, 3.05) is 13.2 Å². The van der Waals surface area contributed by atoms with Crippen LogP contribution >= 0.6 is 0 Å². The molecule has 0 N–H and O–H groups in total. The Balaban J connectivity index is 1.94. The van der Waals surface area contributed by atoms with E-state index < -0.39 is 18.2 Å². The second-order valence-electron chi connectivity index (χ2n) is 5.26. The fourth-order valence-corrected chi connectivity index (χ4v) is 2.62. The van der Waals surface area contributed by atoms with E-state index in [9.17, 15) is 18.4 Å². The van der Waals surface area contributed by atoms with Gasteiger partial charge in [-0.1, -0.05) is 24.3 Å². The molecule has 0 saturated carbocycles. The van der Waals surface area contributed by atoms with Crippen molar-refractivity contribution in [1.82, 2.24) is 0 Å². The first-order chi connectivity index (χ1) is 9.44. The summed E-state index contributed by atoms with van der Waals surface area (Å²) in [6.45, 7) is -1.28. The summed E-state index contributed by atoms with van der Waals surface area (Å²) >= 11 is 0. The van der Waals surface area contributed by atoms with Gasteiger partial charge < -0.3 is 4.74 Å². The highest BCUT2D eigenvalue weighted by Gasteiger charge is 2.35. The van der Waals surface area contributed by atoms with Crippen molar-refractivity contribution >= 4 is 0 Å². The normalized spacial score (nSPS) is 22.1. The average molecular weight is 283 g/mol.